The third-order valence-corrected chi connectivity index (χ3v) is 5.61. The van der Waals surface area contributed by atoms with Gasteiger partial charge < -0.3 is 4.74 Å². The minimum absolute atomic E-state index is 0.110. The second-order valence-corrected chi connectivity index (χ2v) is 7.40. The van der Waals surface area contributed by atoms with Crippen LogP contribution in [0, 0.1) is 17.5 Å². The highest BCUT2D eigenvalue weighted by Gasteiger charge is 2.18. The van der Waals surface area contributed by atoms with Crippen LogP contribution in [0.1, 0.15) is 5.56 Å². The first-order valence-corrected chi connectivity index (χ1v) is 9.83. The lowest BCUT2D eigenvalue weighted by Crippen LogP contribution is -2.21. The van der Waals surface area contributed by atoms with Crippen molar-refractivity contribution in [2.75, 3.05) is 7.11 Å². The van der Waals surface area contributed by atoms with E-state index in [0.717, 1.165) is 23.1 Å². The van der Waals surface area contributed by atoms with E-state index < -0.39 is 23.0 Å². The van der Waals surface area contributed by atoms with Crippen molar-refractivity contribution in [3.63, 3.8) is 0 Å². The van der Waals surface area contributed by atoms with Crippen LogP contribution in [-0.2, 0) is 5.75 Å². The van der Waals surface area contributed by atoms with Crippen LogP contribution in [0.25, 0.3) is 16.0 Å². The van der Waals surface area contributed by atoms with Crippen LogP contribution < -0.4 is 10.3 Å². The van der Waals surface area contributed by atoms with Crippen molar-refractivity contribution < 1.29 is 17.9 Å². The molecule has 0 radical (unpaired) electrons. The third-order valence-electron chi connectivity index (χ3n) is 3.85. The highest BCUT2D eigenvalue weighted by atomic mass is 32.2. The van der Waals surface area contributed by atoms with Crippen LogP contribution in [0.4, 0.5) is 13.2 Å². The molecule has 4 aromatic rings. The molecule has 0 fully saturated rings. The monoisotopic (exact) mass is 437 g/mol. The number of thioether (sulfide) groups is 1. The van der Waals surface area contributed by atoms with Gasteiger partial charge in [0.25, 0.3) is 5.56 Å². The molecular weight excluding hydrogens is 427 g/mol. The number of rotatable bonds is 5. The number of hydrogen-bond acceptors (Lipinski definition) is 8. The first-order valence-electron chi connectivity index (χ1n) is 7.97. The quantitative estimate of drug-likeness (QED) is 0.350. The summed E-state index contributed by atoms with van der Waals surface area (Å²) in [6, 6.07) is 1.30. The van der Waals surface area contributed by atoms with Gasteiger partial charge in [0.1, 0.15) is 22.2 Å². The largest absolute Gasteiger partial charge is 0.467 e. The molecule has 0 aliphatic rings. The molecule has 0 saturated heterocycles. The topological polar surface area (TPSA) is 82.8 Å². The summed E-state index contributed by atoms with van der Waals surface area (Å²) in [5, 5.41) is 0.130. The smallest absolute Gasteiger partial charge is 0.316 e. The molecule has 0 amide bonds. The van der Waals surface area contributed by atoms with Gasteiger partial charge in [0, 0.05) is 23.4 Å². The average molecular weight is 437 g/mol. The molecule has 0 atom stereocenters. The summed E-state index contributed by atoms with van der Waals surface area (Å²) in [7, 11) is 1.40. The van der Waals surface area contributed by atoms with Crippen molar-refractivity contribution in [3.05, 3.63) is 63.4 Å². The van der Waals surface area contributed by atoms with Gasteiger partial charge in [0.05, 0.1) is 30.7 Å². The van der Waals surface area contributed by atoms with E-state index in [1.807, 2.05) is 0 Å². The maximum Gasteiger partial charge on any atom is 0.316 e. The average Bonchev–Trinajstić information content (AvgIpc) is 3.16. The molecule has 4 rings (SSSR count). The van der Waals surface area contributed by atoms with Gasteiger partial charge in [-0.05, 0) is 0 Å². The summed E-state index contributed by atoms with van der Waals surface area (Å²) in [5.41, 5.74) is 1.23. The molecule has 0 aliphatic carbocycles. The molecule has 1 aromatic carbocycles. The Morgan fingerprint density at radius 1 is 1.14 bits per heavy atom. The third kappa shape index (κ3) is 3.68. The number of nitrogens with zero attached hydrogens (tertiary/aromatic N) is 5. The fourth-order valence-electron chi connectivity index (χ4n) is 2.50. The van der Waals surface area contributed by atoms with E-state index in [1.54, 1.807) is 0 Å². The summed E-state index contributed by atoms with van der Waals surface area (Å²) in [4.78, 5) is 29.3. The van der Waals surface area contributed by atoms with E-state index in [0.29, 0.717) is 22.5 Å². The van der Waals surface area contributed by atoms with Crippen LogP contribution in [0.5, 0.6) is 6.01 Å². The van der Waals surface area contributed by atoms with Crippen LogP contribution in [-0.4, -0.2) is 31.6 Å². The Labute approximate surface area is 169 Å². The maximum absolute atomic E-state index is 14.0. The molecule has 7 nitrogen and oxygen atoms in total. The van der Waals surface area contributed by atoms with E-state index in [4.69, 9.17) is 4.74 Å². The molecule has 0 spiro atoms. The van der Waals surface area contributed by atoms with Crippen LogP contribution >= 0.6 is 23.1 Å². The summed E-state index contributed by atoms with van der Waals surface area (Å²) in [6.07, 6.45) is 2.73. The molecule has 148 valence electrons. The van der Waals surface area contributed by atoms with Gasteiger partial charge in [-0.1, -0.05) is 11.8 Å². The Morgan fingerprint density at radius 2 is 1.83 bits per heavy atom. The molecule has 3 aromatic heterocycles. The maximum atomic E-state index is 14.0. The lowest BCUT2D eigenvalue weighted by molar-refractivity contribution is 0.379. The summed E-state index contributed by atoms with van der Waals surface area (Å²) in [6.45, 7) is 0. The fraction of sp³-hybridized carbons (Fsp3) is 0.118. The Kier molecular flexibility index (Phi) is 5.20. The number of aromatic nitrogens is 5. The Hall–Kier alpha value is -2.99. The van der Waals surface area contributed by atoms with E-state index >= 15 is 0 Å². The second kappa shape index (κ2) is 7.79. The molecule has 0 aliphatic heterocycles. The zero-order valence-electron chi connectivity index (χ0n) is 14.6. The molecule has 0 bridgehead atoms. The van der Waals surface area contributed by atoms with Crippen LogP contribution in [0.15, 0.2) is 40.0 Å². The Bertz CT molecular complexity index is 1240. The van der Waals surface area contributed by atoms with E-state index in [9.17, 15) is 18.0 Å². The normalized spacial score (nSPS) is 11.2. The summed E-state index contributed by atoms with van der Waals surface area (Å²) < 4.78 is 47.5. The van der Waals surface area contributed by atoms with Gasteiger partial charge >= 0.3 is 6.01 Å². The number of methoxy groups -OCH3 is 1. The highest BCUT2D eigenvalue weighted by Crippen LogP contribution is 2.27. The molecule has 0 unspecified atom stereocenters. The molecule has 29 heavy (non-hydrogen) atoms. The standard InChI is InChI=1S/C17H10F3N5O2S2/c1-27-16-21-4-9(5-22-16)25-15(26)13-14(23-7-29-13)24-17(25)28-6-10-11(19)2-8(18)3-12(10)20/h2-5,7H,6H2,1H3. The SMILES string of the molecule is COc1ncc(-n2c(SCc3c(F)cc(F)cc3F)nc3ncsc3c2=O)cn1. The number of benzene rings is 1. The van der Waals surface area contributed by atoms with Gasteiger partial charge in [-0.15, -0.1) is 11.3 Å². The first-order chi connectivity index (χ1) is 14.0. The second-order valence-electron chi connectivity index (χ2n) is 5.60. The molecule has 0 saturated carbocycles. The fourth-order valence-corrected chi connectivity index (χ4v) is 4.17. The van der Waals surface area contributed by atoms with E-state index in [2.05, 4.69) is 19.9 Å². The zero-order chi connectivity index (χ0) is 20.5. The Morgan fingerprint density at radius 3 is 2.48 bits per heavy atom. The summed E-state index contributed by atoms with van der Waals surface area (Å²) in [5.74, 6) is -3.28. The van der Waals surface area contributed by atoms with Crippen molar-refractivity contribution in [1.82, 2.24) is 24.5 Å². The van der Waals surface area contributed by atoms with Gasteiger partial charge in [0.2, 0.25) is 0 Å². The lowest BCUT2D eigenvalue weighted by atomic mass is 10.2. The predicted molar refractivity (Wildman–Crippen MR) is 101 cm³/mol. The van der Waals surface area contributed by atoms with Crippen molar-refractivity contribution in [1.29, 1.82) is 0 Å². The number of thiazole rings is 1. The van der Waals surface area contributed by atoms with E-state index in [1.165, 1.54) is 29.6 Å². The molecule has 3 heterocycles. The molecular formula is C17H10F3N5O2S2. The molecule has 0 N–H and O–H groups in total. The Balaban J connectivity index is 1.80. The number of ether oxygens (including phenoxy) is 1. The highest BCUT2D eigenvalue weighted by molar-refractivity contribution is 7.98. The van der Waals surface area contributed by atoms with Gasteiger partial charge in [-0.25, -0.2) is 33.1 Å². The first kappa shape index (κ1) is 19.3. The molecule has 12 heteroatoms. The predicted octanol–water partition coefficient (Wildman–Crippen LogP) is 3.35. The number of halogens is 3. The van der Waals surface area contributed by atoms with Crippen molar-refractivity contribution >= 4 is 33.4 Å². The minimum Gasteiger partial charge on any atom is -0.467 e. The number of hydrogen-bond donors (Lipinski definition) is 0. The van der Waals surface area contributed by atoms with Crippen molar-refractivity contribution in [2.24, 2.45) is 0 Å². The van der Waals surface area contributed by atoms with Crippen LogP contribution in [0.2, 0.25) is 0 Å². The van der Waals surface area contributed by atoms with Gasteiger partial charge in [0.15, 0.2) is 10.8 Å². The van der Waals surface area contributed by atoms with E-state index in [-0.39, 0.29) is 28.1 Å². The van der Waals surface area contributed by atoms with Gasteiger partial charge in [-0.3, -0.25) is 9.36 Å². The minimum atomic E-state index is -1.02. The van der Waals surface area contributed by atoms with Crippen molar-refractivity contribution in [3.8, 4) is 11.7 Å². The number of fused-ring (bicyclic) bond motifs is 1. The van der Waals surface area contributed by atoms with Crippen LogP contribution in [0.3, 0.4) is 0 Å². The van der Waals surface area contributed by atoms with Crippen molar-refractivity contribution in [2.45, 2.75) is 10.9 Å². The van der Waals surface area contributed by atoms with Gasteiger partial charge in [-0.2, -0.15) is 0 Å². The lowest BCUT2D eigenvalue weighted by Gasteiger charge is -2.12. The summed E-state index contributed by atoms with van der Waals surface area (Å²) >= 11 is 2.02. The zero-order valence-corrected chi connectivity index (χ0v) is 16.2.